The molecule has 1 aromatic carbocycles. The first-order valence-corrected chi connectivity index (χ1v) is 9.75. The van der Waals surface area contributed by atoms with Crippen molar-refractivity contribution in [3.05, 3.63) is 86.7 Å². The van der Waals surface area contributed by atoms with Gasteiger partial charge in [-0.15, -0.1) is 11.3 Å². The number of benzene rings is 1. The zero-order valence-electron chi connectivity index (χ0n) is 15.7. The summed E-state index contributed by atoms with van der Waals surface area (Å²) in [6.45, 7) is 5.74. The minimum Gasteiger partial charge on any atom is -0.503 e. The highest BCUT2D eigenvalue weighted by molar-refractivity contribution is 7.12. The SMILES string of the molecule is Cc1ccc(C2C(C(=O)c3cccs3)=C(O)C(=O)N2c2ccc(C)c(C)c2)o1. The van der Waals surface area contributed by atoms with Crippen molar-refractivity contribution in [2.45, 2.75) is 26.8 Å². The Labute approximate surface area is 166 Å². The second-order valence-corrected chi connectivity index (χ2v) is 7.81. The average molecular weight is 393 g/mol. The van der Waals surface area contributed by atoms with Gasteiger partial charge in [0.2, 0.25) is 5.78 Å². The molecule has 0 saturated carbocycles. The highest BCUT2D eigenvalue weighted by Gasteiger charge is 2.46. The lowest BCUT2D eigenvalue weighted by atomic mass is 9.99. The van der Waals surface area contributed by atoms with E-state index in [1.54, 1.807) is 36.6 Å². The second kappa shape index (κ2) is 6.80. The first kappa shape index (κ1) is 18.3. The predicted octanol–water partition coefficient (Wildman–Crippen LogP) is 5.05. The first-order chi connectivity index (χ1) is 13.4. The minimum absolute atomic E-state index is 0.0417. The van der Waals surface area contributed by atoms with Crippen LogP contribution in [0, 0.1) is 20.8 Å². The summed E-state index contributed by atoms with van der Waals surface area (Å²) in [5.74, 6) is -0.408. The maximum absolute atomic E-state index is 13.1. The Kier molecular flexibility index (Phi) is 4.43. The number of amides is 1. The fraction of sp³-hybridized carbons (Fsp3) is 0.182. The number of Topliss-reactive ketones (excluding diaryl/α,β-unsaturated/α-hetero) is 1. The summed E-state index contributed by atoms with van der Waals surface area (Å²) in [5, 5.41) is 12.4. The molecule has 3 aromatic rings. The van der Waals surface area contributed by atoms with E-state index in [2.05, 4.69) is 0 Å². The molecule has 142 valence electrons. The molecule has 6 heteroatoms. The highest BCUT2D eigenvalue weighted by atomic mass is 32.1. The van der Waals surface area contributed by atoms with Crippen LogP contribution in [0.2, 0.25) is 0 Å². The molecule has 0 radical (unpaired) electrons. The Bertz CT molecular complexity index is 1110. The maximum Gasteiger partial charge on any atom is 0.294 e. The van der Waals surface area contributed by atoms with Crippen LogP contribution in [0.5, 0.6) is 0 Å². The monoisotopic (exact) mass is 393 g/mol. The third kappa shape index (κ3) is 2.86. The number of carbonyl (C=O) groups is 2. The van der Waals surface area contributed by atoms with Gasteiger partial charge in [-0.05, 0) is 67.6 Å². The van der Waals surface area contributed by atoms with E-state index in [-0.39, 0.29) is 11.4 Å². The van der Waals surface area contributed by atoms with E-state index < -0.39 is 17.7 Å². The van der Waals surface area contributed by atoms with Crippen molar-refractivity contribution >= 4 is 28.7 Å². The fourth-order valence-electron chi connectivity index (χ4n) is 3.39. The van der Waals surface area contributed by atoms with Gasteiger partial charge in [-0.1, -0.05) is 12.1 Å². The molecule has 0 saturated heterocycles. The summed E-state index contributed by atoms with van der Waals surface area (Å²) in [5.41, 5.74) is 2.75. The number of ketones is 1. The summed E-state index contributed by atoms with van der Waals surface area (Å²) in [6, 6.07) is 11.7. The summed E-state index contributed by atoms with van der Waals surface area (Å²) in [7, 11) is 0. The Balaban J connectivity index is 1.88. The van der Waals surface area contributed by atoms with Gasteiger partial charge in [0.05, 0.1) is 10.5 Å². The number of aliphatic hydroxyl groups excluding tert-OH is 1. The summed E-state index contributed by atoms with van der Waals surface area (Å²) in [6.07, 6.45) is 0. The Morgan fingerprint density at radius 2 is 1.89 bits per heavy atom. The molecule has 1 aliphatic heterocycles. The van der Waals surface area contributed by atoms with Crippen LogP contribution in [0.4, 0.5) is 5.69 Å². The van der Waals surface area contributed by atoms with Crippen LogP contribution in [0.3, 0.4) is 0 Å². The topological polar surface area (TPSA) is 70.8 Å². The van der Waals surface area contributed by atoms with Crippen molar-refractivity contribution in [3.8, 4) is 0 Å². The zero-order chi connectivity index (χ0) is 20.0. The Hall–Kier alpha value is -3.12. The molecule has 2 aromatic heterocycles. The van der Waals surface area contributed by atoms with Gasteiger partial charge in [-0.25, -0.2) is 0 Å². The van der Waals surface area contributed by atoms with E-state index in [9.17, 15) is 14.7 Å². The van der Waals surface area contributed by atoms with E-state index in [1.165, 1.54) is 16.2 Å². The van der Waals surface area contributed by atoms with Gasteiger partial charge in [0.1, 0.15) is 17.6 Å². The number of hydrogen-bond acceptors (Lipinski definition) is 5. The van der Waals surface area contributed by atoms with E-state index in [0.29, 0.717) is 22.1 Å². The molecular formula is C22H19NO4S. The number of rotatable bonds is 4. The van der Waals surface area contributed by atoms with Crippen LogP contribution in [-0.4, -0.2) is 16.8 Å². The van der Waals surface area contributed by atoms with E-state index in [1.807, 2.05) is 32.0 Å². The number of thiophene rings is 1. The van der Waals surface area contributed by atoms with Crippen molar-refractivity contribution in [1.82, 2.24) is 0 Å². The van der Waals surface area contributed by atoms with Crippen LogP contribution in [0.1, 0.15) is 38.4 Å². The Morgan fingerprint density at radius 1 is 1.11 bits per heavy atom. The fourth-order valence-corrected chi connectivity index (χ4v) is 4.07. The minimum atomic E-state index is -0.821. The number of hydrogen-bond donors (Lipinski definition) is 1. The predicted molar refractivity (Wildman–Crippen MR) is 108 cm³/mol. The van der Waals surface area contributed by atoms with Crippen LogP contribution in [0.25, 0.3) is 0 Å². The normalized spacial score (nSPS) is 16.9. The molecular weight excluding hydrogens is 374 g/mol. The molecule has 0 spiro atoms. The zero-order valence-corrected chi connectivity index (χ0v) is 16.5. The van der Waals surface area contributed by atoms with Crippen molar-refractivity contribution in [2.75, 3.05) is 4.90 Å². The van der Waals surface area contributed by atoms with Crippen LogP contribution >= 0.6 is 11.3 Å². The van der Waals surface area contributed by atoms with Gasteiger partial charge in [0.15, 0.2) is 5.76 Å². The molecule has 0 bridgehead atoms. The van der Waals surface area contributed by atoms with Crippen LogP contribution in [-0.2, 0) is 4.79 Å². The smallest absolute Gasteiger partial charge is 0.294 e. The van der Waals surface area contributed by atoms with Gasteiger partial charge < -0.3 is 9.52 Å². The van der Waals surface area contributed by atoms with Crippen molar-refractivity contribution in [3.63, 3.8) is 0 Å². The third-order valence-corrected chi connectivity index (χ3v) is 5.87. The molecule has 0 fully saturated rings. The average Bonchev–Trinajstić information content (AvgIpc) is 3.39. The number of anilines is 1. The third-order valence-electron chi connectivity index (χ3n) is 5.00. The van der Waals surface area contributed by atoms with Gasteiger partial charge >= 0.3 is 0 Å². The van der Waals surface area contributed by atoms with Crippen molar-refractivity contribution in [2.24, 2.45) is 0 Å². The summed E-state index contributed by atoms with van der Waals surface area (Å²) >= 11 is 1.27. The van der Waals surface area contributed by atoms with Gasteiger partial charge in [-0.3, -0.25) is 14.5 Å². The lowest BCUT2D eigenvalue weighted by molar-refractivity contribution is -0.117. The lowest BCUT2D eigenvalue weighted by Gasteiger charge is -2.25. The van der Waals surface area contributed by atoms with Crippen molar-refractivity contribution in [1.29, 1.82) is 0 Å². The van der Waals surface area contributed by atoms with Gasteiger partial charge in [0, 0.05) is 5.69 Å². The molecule has 3 heterocycles. The van der Waals surface area contributed by atoms with E-state index >= 15 is 0 Å². The second-order valence-electron chi connectivity index (χ2n) is 6.86. The standard InChI is InChI=1S/C22H19NO4S/c1-12-6-8-15(11-13(12)2)23-19(16-9-7-14(3)27-16)18(21(25)22(23)26)20(24)17-5-4-10-28-17/h4-11,19,25H,1-3H3. The number of nitrogens with zero attached hydrogens (tertiary/aromatic N) is 1. The van der Waals surface area contributed by atoms with Gasteiger partial charge in [0.25, 0.3) is 5.91 Å². The molecule has 1 atom stereocenters. The Morgan fingerprint density at radius 3 is 2.50 bits per heavy atom. The molecule has 0 aliphatic carbocycles. The number of furan rings is 1. The molecule has 5 nitrogen and oxygen atoms in total. The lowest BCUT2D eigenvalue weighted by Crippen LogP contribution is -2.30. The molecule has 1 N–H and O–H groups in total. The number of aryl methyl sites for hydroxylation is 3. The van der Waals surface area contributed by atoms with Crippen LogP contribution < -0.4 is 4.90 Å². The molecule has 28 heavy (non-hydrogen) atoms. The largest absolute Gasteiger partial charge is 0.503 e. The number of carbonyl (C=O) groups excluding carboxylic acids is 2. The molecule has 1 amide bonds. The summed E-state index contributed by atoms with van der Waals surface area (Å²) < 4.78 is 5.78. The molecule has 4 rings (SSSR count). The highest BCUT2D eigenvalue weighted by Crippen LogP contribution is 2.43. The number of aliphatic hydroxyl groups is 1. The maximum atomic E-state index is 13.1. The van der Waals surface area contributed by atoms with Crippen molar-refractivity contribution < 1.29 is 19.1 Å². The first-order valence-electron chi connectivity index (χ1n) is 8.87. The summed E-state index contributed by atoms with van der Waals surface area (Å²) in [4.78, 5) is 28.0. The molecule has 1 aliphatic rings. The molecule has 1 unspecified atom stereocenters. The van der Waals surface area contributed by atoms with E-state index in [0.717, 1.165) is 11.1 Å². The quantitative estimate of drug-likeness (QED) is 0.630. The van der Waals surface area contributed by atoms with Crippen LogP contribution in [0.15, 0.2) is 63.6 Å². The van der Waals surface area contributed by atoms with E-state index in [4.69, 9.17) is 4.42 Å². The van der Waals surface area contributed by atoms with Gasteiger partial charge in [-0.2, -0.15) is 0 Å².